The van der Waals surface area contributed by atoms with Crippen molar-refractivity contribution >= 4 is 17.4 Å². The highest BCUT2D eigenvalue weighted by molar-refractivity contribution is 5.99. The molecule has 2 rings (SSSR count). The van der Waals surface area contributed by atoms with E-state index in [1.807, 2.05) is 31.2 Å². The first-order valence-electron chi connectivity index (χ1n) is 5.99. The van der Waals surface area contributed by atoms with Gasteiger partial charge < -0.3 is 16.4 Å². The third-order valence-electron chi connectivity index (χ3n) is 2.61. The Morgan fingerprint density at radius 3 is 2.53 bits per heavy atom. The number of urea groups is 1. The van der Waals surface area contributed by atoms with Crippen molar-refractivity contribution in [3.05, 3.63) is 54.4 Å². The maximum absolute atomic E-state index is 11.8. The summed E-state index contributed by atoms with van der Waals surface area (Å²) < 4.78 is 0. The van der Waals surface area contributed by atoms with Crippen molar-refractivity contribution in [2.45, 2.75) is 13.0 Å². The molecule has 1 aromatic carbocycles. The Kier molecular flexibility index (Phi) is 4.10. The molecule has 0 saturated carbocycles. The highest BCUT2D eigenvalue weighted by Crippen LogP contribution is 2.15. The predicted molar refractivity (Wildman–Crippen MR) is 75.9 cm³/mol. The second-order valence-electron chi connectivity index (χ2n) is 4.23. The van der Waals surface area contributed by atoms with Gasteiger partial charge in [-0.05, 0) is 36.8 Å². The van der Waals surface area contributed by atoms with Crippen LogP contribution in [0, 0.1) is 0 Å². The zero-order chi connectivity index (χ0) is 13.7. The first-order chi connectivity index (χ1) is 9.15. The summed E-state index contributed by atoms with van der Waals surface area (Å²) in [5, 5.41) is 5.48. The molecule has 5 heteroatoms. The largest absolute Gasteiger partial charge is 0.324 e. The molecule has 0 radical (unpaired) electrons. The molecule has 0 fully saturated rings. The Labute approximate surface area is 111 Å². The molecule has 98 valence electrons. The molecule has 0 spiro atoms. The second-order valence-corrected chi connectivity index (χ2v) is 4.23. The number of nitrogens with two attached hydrogens (primary N) is 1. The fourth-order valence-corrected chi connectivity index (χ4v) is 1.63. The molecule has 0 bridgehead atoms. The van der Waals surface area contributed by atoms with Gasteiger partial charge in [0.05, 0.1) is 0 Å². The maximum Gasteiger partial charge on any atom is 0.323 e. The van der Waals surface area contributed by atoms with Crippen LogP contribution in [0.15, 0.2) is 48.8 Å². The van der Waals surface area contributed by atoms with Crippen LogP contribution in [0.2, 0.25) is 0 Å². The summed E-state index contributed by atoms with van der Waals surface area (Å²) in [7, 11) is 0. The highest BCUT2D eigenvalue weighted by Gasteiger charge is 2.04. The Hall–Kier alpha value is -2.40. The number of hydrogen-bond donors (Lipinski definition) is 3. The van der Waals surface area contributed by atoms with Gasteiger partial charge in [0.2, 0.25) is 0 Å². The third kappa shape index (κ3) is 3.79. The SMILES string of the molecule is CC(N)c1cccc(NC(=O)Nc2ccncc2)c1. The molecular formula is C14H16N4O. The van der Waals surface area contributed by atoms with Crippen molar-refractivity contribution in [2.24, 2.45) is 5.73 Å². The van der Waals surface area contributed by atoms with Gasteiger partial charge in [-0.3, -0.25) is 4.98 Å². The molecule has 1 heterocycles. The summed E-state index contributed by atoms with van der Waals surface area (Å²) >= 11 is 0. The lowest BCUT2D eigenvalue weighted by Crippen LogP contribution is -2.19. The molecular weight excluding hydrogens is 240 g/mol. The molecule has 19 heavy (non-hydrogen) atoms. The molecule has 2 aromatic rings. The van der Waals surface area contributed by atoms with Gasteiger partial charge >= 0.3 is 6.03 Å². The number of hydrogen-bond acceptors (Lipinski definition) is 3. The first kappa shape index (κ1) is 13.0. The smallest absolute Gasteiger partial charge is 0.323 e. The normalized spacial score (nSPS) is 11.7. The maximum atomic E-state index is 11.8. The molecule has 0 aliphatic rings. The van der Waals surface area contributed by atoms with E-state index in [1.54, 1.807) is 24.5 Å². The number of nitrogens with zero attached hydrogens (tertiary/aromatic N) is 1. The minimum Gasteiger partial charge on any atom is -0.324 e. The van der Waals surface area contributed by atoms with Gasteiger partial charge in [-0.1, -0.05) is 12.1 Å². The molecule has 4 N–H and O–H groups in total. The van der Waals surface area contributed by atoms with Crippen molar-refractivity contribution in [1.82, 2.24) is 4.98 Å². The van der Waals surface area contributed by atoms with E-state index in [4.69, 9.17) is 5.73 Å². The zero-order valence-electron chi connectivity index (χ0n) is 10.6. The van der Waals surface area contributed by atoms with Gasteiger partial charge in [-0.25, -0.2) is 4.79 Å². The van der Waals surface area contributed by atoms with Crippen LogP contribution >= 0.6 is 0 Å². The van der Waals surface area contributed by atoms with Crippen LogP contribution < -0.4 is 16.4 Å². The lowest BCUT2D eigenvalue weighted by Gasteiger charge is -2.10. The predicted octanol–water partition coefficient (Wildman–Crippen LogP) is 2.75. The Bertz CT molecular complexity index is 554. The van der Waals surface area contributed by atoms with Gasteiger partial charge in [0, 0.05) is 29.8 Å². The minimum absolute atomic E-state index is 0.0648. The Balaban J connectivity index is 2.01. The van der Waals surface area contributed by atoms with Crippen LogP contribution in [0.4, 0.5) is 16.2 Å². The van der Waals surface area contributed by atoms with Gasteiger partial charge in [0.1, 0.15) is 0 Å². The number of anilines is 2. The van der Waals surface area contributed by atoms with E-state index in [0.29, 0.717) is 11.4 Å². The van der Waals surface area contributed by atoms with E-state index in [9.17, 15) is 4.79 Å². The van der Waals surface area contributed by atoms with E-state index >= 15 is 0 Å². The number of pyridine rings is 1. The summed E-state index contributed by atoms with van der Waals surface area (Å²) in [6.07, 6.45) is 3.23. The van der Waals surface area contributed by atoms with Crippen molar-refractivity contribution in [2.75, 3.05) is 10.6 Å². The van der Waals surface area contributed by atoms with Crippen LogP contribution in [-0.2, 0) is 0 Å². The van der Waals surface area contributed by atoms with Crippen LogP contribution in [0.5, 0.6) is 0 Å². The van der Waals surface area contributed by atoms with Gasteiger partial charge in [-0.2, -0.15) is 0 Å². The van der Waals surface area contributed by atoms with Crippen LogP contribution in [-0.4, -0.2) is 11.0 Å². The number of nitrogens with one attached hydrogen (secondary N) is 2. The summed E-state index contributed by atoms with van der Waals surface area (Å²) in [5.41, 5.74) is 8.18. The van der Waals surface area contributed by atoms with E-state index in [-0.39, 0.29) is 12.1 Å². The number of amides is 2. The monoisotopic (exact) mass is 256 g/mol. The van der Waals surface area contributed by atoms with Crippen LogP contribution in [0.3, 0.4) is 0 Å². The highest BCUT2D eigenvalue weighted by atomic mass is 16.2. The Morgan fingerprint density at radius 1 is 1.16 bits per heavy atom. The van der Waals surface area contributed by atoms with E-state index in [1.165, 1.54) is 0 Å². The summed E-state index contributed by atoms with van der Waals surface area (Å²) in [5.74, 6) is 0. The lowest BCUT2D eigenvalue weighted by molar-refractivity contribution is 0.262. The van der Waals surface area contributed by atoms with Crippen LogP contribution in [0.1, 0.15) is 18.5 Å². The third-order valence-corrected chi connectivity index (χ3v) is 2.61. The molecule has 0 aliphatic heterocycles. The van der Waals surface area contributed by atoms with Crippen molar-refractivity contribution in [1.29, 1.82) is 0 Å². The van der Waals surface area contributed by atoms with E-state index < -0.39 is 0 Å². The number of benzene rings is 1. The average Bonchev–Trinajstić information content (AvgIpc) is 2.40. The molecule has 1 aromatic heterocycles. The van der Waals surface area contributed by atoms with Crippen LogP contribution in [0.25, 0.3) is 0 Å². The quantitative estimate of drug-likeness (QED) is 0.790. The topological polar surface area (TPSA) is 80.0 Å². The van der Waals surface area contributed by atoms with Gasteiger partial charge in [0.15, 0.2) is 0 Å². The average molecular weight is 256 g/mol. The van der Waals surface area contributed by atoms with Crippen molar-refractivity contribution < 1.29 is 4.79 Å². The van der Waals surface area contributed by atoms with E-state index in [0.717, 1.165) is 5.56 Å². The first-order valence-corrected chi connectivity index (χ1v) is 5.99. The molecule has 5 nitrogen and oxygen atoms in total. The molecule has 2 amide bonds. The molecule has 0 aliphatic carbocycles. The van der Waals surface area contributed by atoms with E-state index in [2.05, 4.69) is 15.6 Å². The molecule has 1 unspecified atom stereocenters. The molecule has 0 saturated heterocycles. The number of rotatable bonds is 3. The standard InChI is InChI=1S/C14H16N4O/c1-10(15)11-3-2-4-13(9-11)18-14(19)17-12-5-7-16-8-6-12/h2-10H,15H2,1H3,(H2,16,17,18,19). The fraction of sp³-hybridized carbons (Fsp3) is 0.143. The molecule has 1 atom stereocenters. The fourth-order valence-electron chi connectivity index (χ4n) is 1.63. The number of carbonyl (C=O) groups excluding carboxylic acids is 1. The summed E-state index contributed by atoms with van der Waals surface area (Å²) in [4.78, 5) is 15.7. The lowest BCUT2D eigenvalue weighted by atomic mass is 10.1. The number of carbonyl (C=O) groups is 1. The summed E-state index contributed by atoms with van der Waals surface area (Å²) in [6.45, 7) is 1.90. The Morgan fingerprint density at radius 2 is 1.84 bits per heavy atom. The zero-order valence-corrected chi connectivity index (χ0v) is 10.6. The van der Waals surface area contributed by atoms with Crippen molar-refractivity contribution in [3.8, 4) is 0 Å². The van der Waals surface area contributed by atoms with Gasteiger partial charge in [-0.15, -0.1) is 0 Å². The number of aromatic nitrogens is 1. The van der Waals surface area contributed by atoms with Gasteiger partial charge in [0.25, 0.3) is 0 Å². The summed E-state index contributed by atoms with van der Waals surface area (Å²) in [6, 6.07) is 10.5. The van der Waals surface area contributed by atoms with Crippen molar-refractivity contribution in [3.63, 3.8) is 0 Å². The second kappa shape index (κ2) is 5.97. The minimum atomic E-state index is -0.298.